The maximum atomic E-state index is 11.6. The lowest BCUT2D eigenvalue weighted by Gasteiger charge is -2.19. The van der Waals surface area contributed by atoms with E-state index in [0.717, 1.165) is 39.6 Å². The van der Waals surface area contributed by atoms with Crippen molar-refractivity contribution in [3.63, 3.8) is 0 Å². The van der Waals surface area contributed by atoms with Crippen molar-refractivity contribution >= 4 is 44.7 Å². The summed E-state index contributed by atoms with van der Waals surface area (Å²) in [6, 6.07) is 7.86. The SMILES string of the molecule is CCN(CC)c1ccc2c(-c3cccs3)c(C(=O)O)sc2n1. The van der Waals surface area contributed by atoms with Crippen LogP contribution in [0.5, 0.6) is 0 Å². The van der Waals surface area contributed by atoms with Crippen molar-refractivity contribution in [2.24, 2.45) is 0 Å². The van der Waals surface area contributed by atoms with Crippen molar-refractivity contribution in [2.45, 2.75) is 13.8 Å². The molecule has 0 unspecified atom stereocenters. The van der Waals surface area contributed by atoms with Crippen molar-refractivity contribution in [2.75, 3.05) is 18.0 Å². The third-order valence-electron chi connectivity index (χ3n) is 3.59. The van der Waals surface area contributed by atoms with Gasteiger partial charge in [0.05, 0.1) is 0 Å². The summed E-state index contributed by atoms with van der Waals surface area (Å²) in [6.45, 7) is 5.93. The van der Waals surface area contributed by atoms with Gasteiger partial charge in [-0.1, -0.05) is 6.07 Å². The maximum absolute atomic E-state index is 11.6. The Kier molecular flexibility index (Phi) is 4.13. The molecule has 0 spiro atoms. The second-order valence-electron chi connectivity index (χ2n) is 4.78. The number of carbonyl (C=O) groups is 1. The summed E-state index contributed by atoms with van der Waals surface area (Å²) in [4.78, 5) is 20.5. The molecule has 3 heterocycles. The molecule has 0 fully saturated rings. The van der Waals surface area contributed by atoms with Crippen LogP contribution in [0.1, 0.15) is 23.5 Å². The molecule has 114 valence electrons. The zero-order valence-electron chi connectivity index (χ0n) is 12.4. The van der Waals surface area contributed by atoms with Crippen LogP contribution >= 0.6 is 22.7 Å². The van der Waals surface area contributed by atoms with Crippen LogP contribution in [-0.2, 0) is 0 Å². The van der Waals surface area contributed by atoms with Gasteiger partial charge < -0.3 is 10.0 Å². The Morgan fingerprint density at radius 1 is 1.27 bits per heavy atom. The van der Waals surface area contributed by atoms with Crippen LogP contribution in [0.4, 0.5) is 5.82 Å². The van der Waals surface area contributed by atoms with Crippen molar-refractivity contribution < 1.29 is 9.90 Å². The molecule has 1 N–H and O–H groups in total. The molecule has 0 atom stereocenters. The zero-order valence-corrected chi connectivity index (χ0v) is 14.0. The van der Waals surface area contributed by atoms with Gasteiger partial charge in [0, 0.05) is 28.9 Å². The van der Waals surface area contributed by atoms with Gasteiger partial charge in [-0.2, -0.15) is 0 Å². The lowest BCUT2D eigenvalue weighted by Crippen LogP contribution is -2.22. The maximum Gasteiger partial charge on any atom is 0.346 e. The molecule has 0 amide bonds. The van der Waals surface area contributed by atoms with Gasteiger partial charge in [-0.15, -0.1) is 22.7 Å². The van der Waals surface area contributed by atoms with Gasteiger partial charge in [0.1, 0.15) is 15.5 Å². The van der Waals surface area contributed by atoms with Crippen LogP contribution in [0.3, 0.4) is 0 Å². The summed E-state index contributed by atoms with van der Waals surface area (Å²) in [6.07, 6.45) is 0. The van der Waals surface area contributed by atoms with Gasteiger partial charge in [-0.05, 0) is 37.4 Å². The molecular weight excluding hydrogens is 316 g/mol. The van der Waals surface area contributed by atoms with E-state index < -0.39 is 5.97 Å². The van der Waals surface area contributed by atoms with Gasteiger partial charge in [0.15, 0.2) is 0 Å². The molecule has 6 heteroatoms. The van der Waals surface area contributed by atoms with Crippen molar-refractivity contribution in [1.82, 2.24) is 4.98 Å². The molecule has 4 nitrogen and oxygen atoms in total. The van der Waals surface area contributed by atoms with E-state index in [9.17, 15) is 9.90 Å². The smallest absolute Gasteiger partial charge is 0.346 e. The Balaban J connectivity index is 2.22. The molecule has 0 aromatic carbocycles. The fraction of sp³-hybridized carbons (Fsp3) is 0.250. The van der Waals surface area contributed by atoms with E-state index in [2.05, 4.69) is 23.7 Å². The minimum atomic E-state index is -0.893. The number of nitrogens with zero attached hydrogens (tertiary/aromatic N) is 2. The molecule has 0 saturated carbocycles. The third kappa shape index (κ3) is 2.48. The minimum absolute atomic E-state index is 0.363. The van der Waals surface area contributed by atoms with E-state index in [1.807, 2.05) is 29.6 Å². The molecule has 0 radical (unpaired) electrons. The first-order valence-corrected chi connectivity index (χ1v) is 8.81. The van der Waals surface area contributed by atoms with Gasteiger partial charge in [0.25, 0.3) is 0 Å². The van der Waals surface area contributed by atoms with Crippen LogP contribution < -0.4 is 4.90 Å². The standard InChI is InChI=1S/C16H16N2O2S2/c1-3-18(4-2)12-8-7-10-13(11-6-5-9-21-11)14(16(19)20)22-15(10)17-12/h5-9H,3-4H2,1-2H3,(H,19,20). The number of rotatable bonds is 5. The molecular formula is C16H16N2O2S2. The number of anilines is 1. The van der Waals surface area contributed by atoms with Crippen molar-refractivity contribution in [3.8, 4) is 10.4 Å². The molecule has 3 aromatic heterocycles. The number of carboxylic acid groups (broad SMARTS) is 1. The van der Waals surface area contributed by atoms with E-state index in [0.29, 0.717) is 4.88 Å². The Labute approximate surface area is 136 Å². The fourth-order valence-electron chi connectivity index (χ4n) is 2.51. The highest BCUT2D eigenvalue weighted by atomic mass is 32.1. The molecule has 3 rings (SSSR count). The van der Waals surface area contributed by atoms with Crippen molar-refractivity contribution in [1.29, 1.82) is 0 Å². The Morgan fingerprint density at radius 2 is 2.05 bits per heavy atom. The number of aromatic carboxylic acids is 1. The van der Waals surface area contributed by atoms with Crippen LogP contribution in [0, 0.1) is 0 Å². The Hall–Kier alpha value is -1.92. The summed E-state index contributed by atoms with van der Waals surface area (Å²) in [5.74, 6) is 0.00390. The molecule has 0 saturated heterocycles. The Morgan fingerprint density at radius 3 is 2.64 bits per heavy atom. The lowest BCUT2D eigenvalue weighted by atomic mass is 10.1. The van der Waals surface area contributed by atoms with E-state index >= 15 is 0 Å². The molecule has 3 aromatic rings. The van der Waals surface area contributed by atoms with Crippen LogP contribution in [0.25, 0.3) is 20.7 Å². The summed E-state index contributed by atoms with van der Waals surface area (Å²) in [7, 11) is 0. The highest BCUT2D eigenvalue weighted by molar-refractivity contribution is 7.22. The third-order valence-corrected chi connectivity index (χ3v) is 5.56. The van der Waals surface area contributed by atoms with E-state index in [-0.39, 0.29) is 0 Å². The van der Waals surface area contributed by atoms with Gasteiger partial charge in [-0.25, -0.2) is 9.78 Å². The first-order valence-electron chi connectivity index (χ1n) is 7.11. The largest absolute Gasteiger partial charge is 0.477 e. The topological polar surface area (TPSA) is 53.4 Å². The summed E-state index contributed by atoms with van der Waals surface area (Å²) in [5, 5.41) is 12.4. The highest BCUT2D eigenvalue weighted by Crippen LogP contribution is 2.40. The average Bonchev–Trinajstić information content (AvgIpc) is 3.14. The first-order chi connectivity index (χ1) is 10.7. The number of carboxylic acids is 1. The van der Waals surface area contributed by atoms with Crippen LogP contribution in [0.15, 0.2) is 29.6 Å². The number of pyridine rings is 1. The number of hydrogen-bond acceptors (Lipinski definition) is 5. The number of fused-ring (bicyclic) bond motifs is 1. The average molecular weight is 332 g/mol. The number of hydrogen-bond donors (Lipinski definition) is 1. The van der Waals surface area contributed by atoms with Crippen LogP contribution in [0.2, 0.25) is 0 Å². The normalized spacial score (nSPS) is 11.0. The zero-order chi connectivity index (χ0) is 15.7. The predicted molar refractivity (Wildman–Crippen MR) is 93.5 cm³/mol. The van der Waals surface area contributed by atoms with E-state index in [4.69, 9.17) is 0 Å². The predicted octanol–water partition coefficient (Wildman–Crippen LogP) is 4.57. The molecule has 0 bridgehead atoms. The minimum Gasteiger partial charge on any atom is -0.477 e. The summed E-state index contributed by atoms with van der Waals surface area (Å²) < 4.78 is 0. The Bertz CT molecular complexity index is 805. The number of thiophene rings is 2. The summed E-state index contributed by atoms with van der Waals surface area (Å²) in [5.41, 5.74) is 0.793. The molecule has 22 heavy (non-hydrogen) atoms. The van der Waals surface area contributed by atoms with Crippen molar-refractivity contribution in [3.05, 3.63) is 34.5 Å². The lowest BCUT2D eigenvalue weighted by molar-refractivity contribution is 0.0703. The molecule has 0 aliphatic heterocycles. The first kappa shape index (κ1) is 15.0. The van der Waals surface area contributed by atoms with E-state index in [1.165, 1.54) is 11.3 Å². The second kappa shape index (κ2) is 6.06. The highest BCUT2D eigenvalue weighted by Gasteiger charge is 2.21. The van der Waals surface area contributed by atoms with Gasteiger partial charge >= 0.3 is 5.97 Å². The molecule has 0 aliphatic carbocycles. The number of aromatic nitrogens is 1. The van der Waals surface area contributed by atoms with Crippen LogP contribution in [-0.4, -0.2) is 29.1 Å². The quantitative estimate of drug-likeness (QED) is 0.743. The fourth-order valence-corrected chi connectivity index (χ4v) is 4.39. The van der Waals surface area contributed by atoms with E-state index in [1.54, 1.807) is 11.3 Å². The monoisotopic (exact) mass is 332 g/mol. The van der Waals surface area contributed by atoms with Gasteiger partial charge in [-0.3, -0.25) is 0 Å². The summed E-state index contributed by atoms with van der Waals surface area (Å²) >= 11 is 2.80. The molecule has 0 aliphatic rings. The van der Waals surface area contributed by atoms with Gasteiger partial charge in [0.2, 0.25) is 0 Å². The second-order valence-corrected chi connectivity index (χ2v) is 6.73.